The number of ether oxygens (including phenoxy) is 1. The monoisotopic (exact) mass is 250 g/mol. The van der Waals surface area contributed by atoms with Gasteiger partial charge in [0.1, 0.15) is 0 Å². The molecule has 1 rings (SSSR count). The summed E-state index contributed by atoms with van der Waals surface area (Å²) in [7, 11) is 0. The molecule has 0 radical (unpaired) electrons. The molecule has 0 N–H and O–H groups in total. The fraction of sp³-hybridized carbons (Fsp3) is 0.400. The average molecular weight is 250 g/mol. The van der Waals surface area contributed by atoms with Gasteiger partial charge < -0.3 is 4.74 Å². The largest absolute Gasteiger partial charge is 0.461 e. The van der Waals surface area contributed by atoms with Crippen molar-refractivity contribution in [3.8, 4) is 0 Å². The van der Waals surface area contributed by atoms with Crippen molar-refractivity contribution >= 4 is 11.5 Å². The summed E-state index contributed by atoms with van der Waals surface area (Å²) in [5, 5.41) is 0. The van der Waals surface area contributed by atoms with Gasteiger partial charge in [-0.2, -0.15) is 4.39 Å². The molecule has 0 saturated heterocycles. The molecule has 0 spiro atoms. The van der Waals surface area contributed by atoms with Gasteiger partial charge in [-0.25, -0.2) is 4.79 Å². The Kier molecular flexibility index (Phi) is 4.65. The Morgan fingerprint density at radius 2 is 1.78 bits per heavy atom. The molecule has 0 aromatic heterocycles. The lowest BCUT2D eigenvalue weighted by atomic mass is 9.81. The predicted molar refractivity (Wildman–Crippen MR) is 70.6 cm³/mol. The second-order valence-corrected chi connectivity index (χ2v) is 5.03. The van der Waals surface area contributed by atoms with Crippen molar-refractivity contribution in [3.05, 3.63) is 41.7 Å². The molecule has 0 unspecified atom stereocenters. The van der Waals surface area contributed by atoms with Gasteiger partial charge >= 0.3 is 5.97 Å². The van der Waals surface area contributed by atoms with Crippen LogP contribution in [0.15, 0.2) is 36.2 Å². The molecule has 0 bridgehead atoms. The highest BCUT2D eigenvalue weighted by molar-refractivity contribution is 5.96. The number of allylic oxidation sites excluding steroid dienone is 1. The maximum Gasteiger partial charge on any atom is 0.367 e. The minimum atomic E-state index is -0.897. The van der Waals surface area contributed by atoms with Crippen LogP contribution in [-0.2, 0) is 9.53 Å². The summed E-state index contributed by atoms with van der Waals surface area (Å²) in [6.45, 7) is 7.43. The highest BCUT2D eigenvalue weighted by Crippen LogP contribution is 2.37. The van der Waals surface area contributed by atoms with E-state index in [1.807, 2.05) is 39.0 Å². The zero-order chi connectivity index (χ0) is 13.8. The summed E-state index contributed by atoms with van der Waals surface area (Å²) in [5.74, 6) is -1.71. The predicted octanol–water partition coefficient (Wildman–Crippen LogP) is 3.98. The number of rotatable bonds is 3. The van der Waals surface area contributed by atoms with Gasteiger partial charge in [0, 0.05) is 5.57 Å². The normalized spacial score (nSPS) is 12.9. The van der Waals surface area contributed by atoms with Crippen LogP contribution in [0.25, 0.3) is 5.57 Å². The second-order valence-electron chi connectivity index (χ2n) is 5.03. The standard InChI is InChI=1S/C15H19FO2/c1-5-18-14(17)13(16)12(15(2,3)4)11-9-7-6-8-10-11/h6-10H,5H2,1-4H3/b13-12-. The molecule has 0 aliphatic heterocycles. The Balaban J connectivity index is 3.31. The van der Waals surface area contributed by atoms with Crippen LogP contribution >= 0.6 is 0 Å². The van der Waals surface area contributed by atoms with Crippen molar-refractivity contribution in [2.75, 3.05) is 6.61 Å². The number of carbonyl (C=O) groups excluding carboxylic acids is 1. The topological polar surface area (TPSA) is 26.3 Å². The van der Waals surface area contributed by atoms with Crippen molar-refractivity contribution in [1.82, 2.24) is 0 Å². The van der Waals surface area contributed by atoms with Crippen molar-refractivity contribution in [3.63, 3.8) is 0 Å². The minimum absolute atomic E-state index is 0.165. The second kappa shape index (κ2) is 5.80. The van der Waals surface area contributed by atoms with E-state index in [9.17, 15) is 9.18 Å². The zero-order valence-electron chi connectivity index (χ0n) is 11.3. The Hall–Kier alpha value is -1.64. The first-order valence-corrected chi connectivity index (χ1v) is 6.00. The fourth-order valence-corrected chi connectivity index (χ4v) is 1.79. The van der Waals surface area contributed by atoms with Crippen molar-refractivity contribution in [2.45, 2.75) is 27.7 Å². The van der Waals surface area contributed by atoms with Crippen LogP contribution in [0, 0.1) is 5.41 Å². The number of hydrogen-bond donors (Lipinski definition) is 0. The molecule has 1 aromatic rings. The first-order chi connectivity index (χ1) is 8.38. The van der Waals surface area contributed by atoms with Gasteiger partial charge in [0.2, 0.25) is 5.83 Å². The van der Waals surface area contributed by atoms with Gasteiger partial charge in [-0.3, -0.25) is 0 Å². The third-order valence-corrected chi connectivity index (χ3v) is 2.49. The zero-order valence-corrected chi connectivity index (χ0v) is 11.3. The molecule has 2 nitrogen and oxygen atoms in total. The van der Waals surface area contributed by atoms with Crippen LogP contribution in [0.1, 0.15) is 33.3 Å². The number of benzene rings is 1. The third-order valence-electron chi connectivity index (χ3n) is 2.49. The maximum atomic E-state index is 14.2. The van der Waals surface area contributed by atoms with Crippen LogP contribution in [0.2, 0.25) is 0 Å². The fourth-order valence-electron chi connectivity index (χ4n) is 1.79. The SMILES string of the molecule is CCOC(=O)/C(F)=C(\c1ccccc1)C(C)(C)C. The van der Waals surface area contributed by atoms with Crippen LogP contribution in [0.4, 0.5) is 4.39 Å². The molecule has 0 amide bonds. The molecule has 0 fully saturated rings. The quantitative estimate of drug-likeness (QED) is 0.599. The van der Waals surface area contributed by atoms with Crippen molar-refractivity contribution in [2.24, 2.45) is 5.41 Å². The van der Waals surface area contributed by atoms with E-state index in [4.69, 9.17) is 4.74 Å². The molecule has 1 aromatic carbocycles. The van der Waals surface area contributed by atoms with Gasteiger partial charge in [0.05, 0.1) is 6.61 Å². The lowest BCUT2D eigenvalue weighted by Crippen LogP contribution is -2.15. The average Bonchev–Trinajstić information content (AvgIpc) is 2.29. The van der Waals surface area contributed by atoms with Crippen LogP contribution in [0.3, 0.4) is 0 Å². The molecule has 0 aliphatic rings. The molecule has 0 atom stereocenters. The Bertz CT molecular complexity index is 441. The minimum Gasteiger partial charge on any atom is -0.461 e. The van der Waals surface area contributed by atoms with E-state index in [0.29, 0.717) is 11.1 Å². The summed E-state index contributed by atoms with van der Waals surface area (Å²) in [4.78, 5) is 11.5. The van der Waals surface area contributed by atoms with E-state index < -0.39 is 17.2 Å². The Labute approximate surface area is 107 Å². The number of halogens is 1. The lowest BCUT2D eigenvalue weighted by Gasteiger charge is -2.23. The molecular weight excluding hydrogens is 231 g/mol. The lowest BCUT2D eigenvalue weighted by molar-refractivity contribution is -0.140. The highest BCUT2D eigenvalue weighted by Gasteiger charge is 2.27. The molecule has 3 heteroatoms. The molecule has 98 valence electrons. The van der Waals surface area contributed by atoms with Crippen LogP contribution in [-0.4, -0.2) is 12.6 Å². The smallest absolute Gasteiger partial charge is 0.367 e. The van der Waals surface area contributed by atoms with Crippen molar-refractivity contribution in [1.29, 1.82) is 0 Å². The van der Waals surface area contributed by atoms with Crippen LogP contribution < -0.4 is 0 Å². The Morgan fingerprint density at radius 1 is 1.22 bits per heavy atom. The van der Waals surface area contributed by atoms with E-state index in [1.54, 1.807) is 19.1 Å². The summed E-state index contributed by atoms with van der Waals surface area (Å²) < 4.78 is 19.0. The van der Waals surface area contributed by atoms with Gasteiger partial charge in [-0.15, -0.1) is 0 Å². The first-order valence-electron chi connectivity index (χ1n) is 6.00. The van der Waals surface area contributed by atoms with E-state index in [2.05, 4.69) is 0 Å². The molecule has 0 heterocycles. The Morgan fingerprint density at radius 3 is 2.22 bits per heavy atom. The summed E-state index contributed by atoms with van der Waals surface area (Å²) >= 11 is 0. The van der Waals surface area contributed by atoms with Gasteiger partial charge in [-0.1, -0.05) is 51.1 Å². The summed E-state index contributed by atoms with van der Waals surface area (Å²) in [6.07, 6.45) is 0. The van der Waals surface area contributed by atoms with E-state index in [0.717, 1.165) is 0 Å². The number of hydrogen-bond acceptors (Lipinski definition) is 2. The van der Waals surface area contributed by atoms with Crippen molar-refractivity contribution < 1.29 is 13.9 Å². The van der Waals surface area contributed by atoms with E-state index in [-0.39, 0.29) is 6.61 Å². The maximum absolute atomic E-state index is 14.2. The molecular formula is C15H19FO2. The van der Waals surface area contributed by atoms with E-state index in [1.165, 1.54) is 0 Å². The van der Waals surface area contributed by atoms with Gasteiger partial charge in [0.15, 0.2) is 0 Å². The summed E-state index contributed by atoms with van der Waals surface area (Å²) in [5.41, 5.74) is 0.607. The molecule has 0 saturated carbocycles. The van der Waals surface area contributed by atoms with E-state index >= 15 is 0 Å². The molecule has 0 aliphatic carbocycles. The van der Waals surface area contributed by atoms with Crippen LogP contribution in [0.5, 0.6) is 0 Å². The first kappa shape index (κ1) is 14.4. The van der Waals surface area contributed by atoms with Gasteiger partial charge in [0.25, 0.3) is 0 Å². The van der Waals surface area contributed by atoms with Gasteiger partial charge in [-0.05, 0) is 17.9 Å². The third kappa shape index (κ3) is 3.42. The summed E-state index contributed by atoms with van der Waals surface area (Å²) in [6, 6.07) is 9.07. The molecule has 18 heavy (non-hydrogen) atoms. The highest BCUT2D eigenvalue weighted by atomic mass is 19.1. The number of carbonyl (C=O) groups is 1. The number of esters is 1.